The number of nitrogens with zero attached hydrogens (tertiary/aromatic N) is 1. The van der Waals surface area contributed by atoms with E-state index in [-0.39, 0.29) is 17.1 Å². The van der Waals surface area contributed by atoms with E-state index in [1.54, 1.807) is 11.8 Å². The molecule has 0 saturated carbocycles. The molecule has 0 N–H and O–H groups in total. The molecule has 0 unspecified atom stereocenters. The van der Waals surface area contributed by atoms with Gasteiger partial charge in [0, 0.05) is 23.9 Å². The lowest BCUT2D eigenvalue weighted by atomic mass is 9.84. The fourth-order valence-corrected chi connectivity index (χ4v) is 5.55. The summed E-state index contributed by atoms with van der Waals surface area (Å²) in [5.41, 5.74) is 5.21. The van der Waals surface area contributed by atoms with Gasteiger partial charge in [0.15, 0.2) is 0 Å². The highest BCUT2D eigenvalue weighted by Gasteiger charge is 2.35. The van der Waals surface area contributed by atoms with Crippen molar-refractivity contribution in [3.63, 3.8) is 0 Å². The molecule has 2 heterocycles. The lowest BCUT2D eigenvalue weighted by molar-refractivity contribution is -0.131. The van der Waals surface area contributed by atoms with E-state index in [0.717, 1.165) is 13.0 Å². The van der Waals surface area contributed by atoms with E-state index in [4.69, 9.17) is 0 Å². The molecular formula is C24H21NOS. The number of thioether (sulfide) groups is 1. The fraction of sp³-hybridized carbons (Fsp3) is 0.208. The molecule has 5 rings (SSSR count). The standard InChI is InChI=1S/C24H21NOS/c26-24(23-14-18-10-5-7-13-22(18)27-23)25-15-19-11-4-6-12-20(19)21(16-25)17-8-2-1-3-9-17/h1-13,21,23H,14-16H2/t21-,23+/m0/s1. The van der Waals surface area contributed by atoms with Crippen molar-refractivity contribution in [3.8, 4) is 0 Å². The van der Waals surface area contributed by atoms with E-state index >= 15 is 0 Å². The van der Waals surface area contributed by atoms with Crippen molar-refractivity contribution in [1.29, 1.82) is 0 Å². The van der Waals surface area contributed by atoms with Crippen LogP contribution in [0.2, 0.25) is 0 Å². The second-order valence-corrected chi connectivity index (χ2v) is 8.54. The molecule has 0 spiro atoms. The molecule has 0 aromatic heterocycles. The zero-order valence-corrected chi connectivity index (χ0v) is 15.9. The van der Waals surface area contributed by atoms with Gasteiger partial charge >= 0.3 is 0 Å². The first-order valence-corrected chi connectivity index (χ1v) is 10.3. The first-order chi connectivity index (χ1) is 13.3. The van der Waals surface area contributed by atoms with Crippen LogP contribution in [0.3, 0.4) is 0 Å². The third-order valence-corrected chi connectivity index (χ3v) is 6.94. The predicted octanol–water partition coefficient (Wildman–Crippen LogP) is 4.88. The van der Waals surface area contributed by atoms with E-state index in [2.05, 4.69) is 77.7 Å². The Morgan fingerprint density at radius 2 is 1.56 bits per heavy atom. The zero-order chi connectivity index (χ0) is 18.2. The molecular weight excluding hydrogens is 350 g/mol. The summed E-state index contributed by atoms with van der Waals surface area (Å²) in [4.78, 5) is 16.7. The van der Waals surface area contributed by atoms with Crippen LogP contribution in [0.25, 0.3) is 0 Å². The molecule has 0 radical (unpaired) electrons. The Bertz CT molecular complexity index is 959. The van der Waals surface area contributed by atoms with Crippen LogP contribution in [0.4, 0.5) is 0 Å². The minimum atomic E-state index is 0.00378. The van der Waals surface area contributed by atoms with Gasteiger partial charge < -0.3 is 4.90 Å². The smallest absolute Gasteiger partial charge is 0.236 e. The van der Waals surface area contributed by atoms with Gasteiger partial charge in [-0.05, 0) is 34.7 Å². The Hall–Kier alpha value is -2.52. The third-order valence-electron chi connectivity index (χ3n) is 5.63. The normalized spacial score (nSPS) is 20.8. The van der Waals surface area contributed by atoms with Gasteiger partial charge in [-0.15, -0.1) is 11.8 Å². The number of benzene rings is 3. The van der Waals surface area contributed by atoms with Gasteiger partial charge in [-0.25, -0.2) is 0 Å². The van der Waals surface area contributed by atoms with Crippen LogP contribution >= 0.6 is 11.8 Å². The van der Waals surface area contributed by atoms with Crippen molar-refractivity contribution in [2.75, 3.05) is 6.54 Å². The highest BCUT2D eigenvalue weighted by molar-refractivity contribution is 8.01. The maximum absolute atomic E-state index is 13.4. The summed E-state index contributed by atoms with van der Waals surface area (Å²) in [5.74, 6) is 0.514. The average molecular weight is 372 g/mol. The SMILES string of the molecule is O=C([C@H]1Cc2ccccc2S1)N1Cc2ccccc2[C@H](c2ccccc2)C1. The molecule has 3 aromatic carbocycles. The molecule has 0 aliphatic carbocycles. The molecule has 1 amide bonds. The summed E-state index contributed by atoms with van der Waals surface area (Å²) in [6, 6.07) is 27.5. The zero-order valence-electron chi connectivity index (χ0n) is 15.0. The molecule has 0 bridgehead atoms. The van der Waals surface area contributed by atoms with Crippen molar-refractivity contribution in [1.82, 2.24) is 4.90 Å². The first-order valence-electron chi connectivity index (χ1n) is 9.46. The molecule has 2 atom stereocenters. The second kappa shape index (κ2) is 6.90. The maximum Gasteiger partial charge on any atom is 0.236 e. The first kappa shape index (κ1) is 16.6. The van der Waals surface area contributed by atoms with Crippen LogP contribution in [0, 0.1) is 0 Å². The lowest BCUT2D eigenvalue weighted by Gasteiger charge is -2.36. The number of fused-ring (bicyclic) bond motifs is 2. The predicted molar refractivity (Wildman–Crippen MR) is 110 cm³/mol. The van der Waals surface area contributed by atoms with Crippen LogP contribution in [0.15, 0.2) is 83.8 Å². The molecule has 2 nitrogen and oxygen atoms in total. The number of hydrogen-bond donors (Lipinski definition) is 0. The highest BCUT2D eigenvalue weighted by atomic mass is 32.2. The van der Waals surface area contributed by atoms with Gasteiger partial charge in [-0.2, -0.15) is 0 Å². The van der Waals surface area contributed by atoms with E-state index in [0.29, 0.717) is 6.54 Å². The lowest BCUT2D eigenvalue weighted by Crippen LogP contribution is -2.42. The van der Waals surface area contributed by atoms with Gasteiger partial charge in [-0.1, -0.05) is 72.8 Å². The van der Waals surface area contributed by atoms with Gasteiger partial charge in [0.05, 0.1) is 5.25 Å². The number of carbonyl (C=O) groups is 1. The maximum atomic E-state index is 13.4. The Morgan fingerprint density at radius 1 is 0.852 bits per heavy atom. The van der Waals surface area contributed by atoms with Crippen molar-refractivity contribution in [2.24, 2.45) is 0 Å². The van der Waals surface area contributed by atoms with Crippen LogP contribution in [0.1, 0.15) is 28.2 Å². The Balaban J connectivity index is 1.44. The summed E-state index contributed by atoms with van der Waals surface area (Å²) in [6.07, 6.45) is 0.841. The van der Waals surface area contributed by atoms with E-state index in [1.165, 1.54) is 27.1 Å². The van der Waals surface area contributed by atoms with Gasteiger partial charge in [0.25, 0.3) is 0 Å². The number of hydrogen-bond acceptors (Lipinski definition) is 2. The molecule has 27 heavy (non-hydrogen) atoms. The minimum Gasteiger partial charge on any atom is -0.336 e. The molecule has 2 aliphatic rings. The molecule has 0 fully saturated rings. The second-order valence-electron chi connectivity index (χ2n) is 7.30. The van der Waals surface area contributed by atoms with Gasteiger partial charge in [0.2, 0.25) is 5.91 Å². The Labute approximate surface area is 164 Å². The van der Waals surface area contributed by atoms with Crippen LogP contribution in [-0.4, -0.2) is 22.6 Å². The fourth-order valence-electron chi connectivity index (χ4n) is 4.27. The summed E-state index contributed by atoms with van der Waals surface area (Å²) >= 11 is 1.73. The Morgan fingerprint density at radius 3 is 2.37 bits per heavy atom. The summed E-state index contributed by atoms with van der Waals surface area (Å²) in [6.45, 7) is 1.47. The topological polar surface area (TPSA) is 20.3 Å². The summed E-state index contributed by atoms with van der Waals surface area (Å²) in [5, 5.41) is 0.00378. The van der Waals surface area contributed by atoms with Gasteiger partial charge in [0.1, 0.15) is 0 Å². The quantitative estimate of drug-likeness (QED) is 0.640. The molecule has 3 heteroatoms. The largest absolute Gasteiger partial charge is 0.336 e. The van der Waals surface area contributed by atoms with Crippen LogP contribution in [0.5, 0.6) is 0 Å². The number of rotatable bonds is 2. The molecule has 134 valence electrons. The minimum absolute atomic E-state index is 0.00378. The van der Waals surface area contributed by atoms with Crippen molar-refractivity contribution in [2.45, 2.75) is 29.0 Å². The summed E-state index contributed by atoms with van der Waals surface area (Å²) < 4.78 is 0. The van der Waals surface area contributed by atoms with Gasteiger partial charge in [-0.3, -0.25) is 4.79 Å². The van der Waals surface area contributed by atoms with E-state index in [9.17, 15) is 4.79 Å². The summed E-state index contributed by atoms with van der Waals surface area (Å²) in [7, 11) is 0. The van der Waals surface area contributed by atoms with Crippen molar-refractivity contribution in [3.05, 3.63) is 101 Å². The monoisotopic (exact) mass is 371 g/mol. The van der Waals surface area contributed by atoms with Crippen molar-refractivity contribution < 1.29 is 4.79 Å². The Kier molecular flexibility index (Phi) is 4.25. The van der Waals surface area contributed by atoms with Crippen LogP contribution in [-0.2, 0) is 17.8 Å². The average Bonchev–Trinajstić information content (AvgIpc) is 3.17. The van der Waals surface area contributed by atoms with Crippen LogP contribution < -0.4 is 0 Å². The number of carbonyl (C=O) groups excluding carboxylic acids is 1. The number of amides is 1. The molecule has 3 aromatic rings. The van der Waals surface area contributed by atoms with E-state index in [1.807, 2.05) is 6.07 Å². The van der Waals surface area contributed by atoms with E-state index < -0.39 is 0 Å². The molecule has 0 saturated heterocycles. The van der Waals surface area contributed by atoms with Crippen molar-refractivity contribution >= 4 is 17.7 Å². The highest BCUT2D eigenvalue weighted by Crippen LogP contribution is 2.40. The third kappa shape index (κ3) is 3.06. The molecule has 2 aliphatic heterocycles.